The Bertz CT molecular complexity index is 955. The Balaban J connectivity index is 1.67. The van der Waals surface area contributed by atoms with Crippen LogP contribution >= 0.6 is 11.3 Å². The fourth-order valence-electron chi connectivity index (χ4n) is 3.92. The highest BCUT2D eigenvalue weighted by molar-refractivity contribution is 7.20. The van der Waals surface area contributed by atoms with Crippen molar-refractivity contribution in [2.45, 2.75) is 51.0 Å². The number of rotatable bonds is 4. The van der Waals surface area contributed by atoms with Crippen LogP contribution in [0.25, 0.3) is 15.9 Å². The predicted octanol–water partition coefficient (Wildman–Crippen LogP) is 4.70. The summed E-state index contributed by atoms with van der Waals surface area (Å²) >= 11 is 1.44. The molecule has 0 saturated heterocycles. The zero-order valence-electron chi connectivity index (χ0n) is 16.1. The molecule has 1 aliphatic rings. The summed E-state index contributed by atoms with van der Waals surface area (Å²) < 4.78 is 1.81. The van der Waals surface area contributed by atoms with E-state index < -0.39 is 0 Å². The molecular weight excluding hydrogens is 370 g/mol. The number of carbonyl (C=O) groups is 1. The van der Waals surface area contributed by atoms with E-state index in [1.165, 1.54) is 43.4 Å². The topological polar surface area (TPSA) is 63.4 Å². The number of nitrogens with zero attached hydrogens (tertiary/aromatic N) is 5. The predicted molar refractivity (Wildman–Crippen MR) is 113 cm³/mol. The van der Waals surface area contributed by atoms with E-state index in [4.69, 9.17) is 0 Å². The number of hydrogen-bond acceptors (Lipinski definition) is 5. The highest BCUT2D eigenvalue weighted by Crippen LogP contribution is 2.30. The van der Waals surface area contributed by atoms with Crippen molar-refractivity contribution >= 4 is 33.8 Å². The molecule has 3 heterocycles. The number of hydrogen-bond donors (Lipinski definition) is 0. The second-order valence-corrected chi connectivity index (χ2v) is 8.23. The van der Waals surface area contributed by atoms with Crippen molar-refractivity contribution in [3.8, 4) is 5.69 Å². The molecule has 28 heavy (non-hydrogen) atoms. The third kappa shape index (κ3) is 3.85. The first-order valence-corrected chi connectivity index (χ1v) is 10.7. The van der Waals surface area contributed by atoms with E-state index in [1.54, 1.807) is 25.8 Å². The first-order chi connectivity index (χ1) is 13.8. The first kappa shape index (κ1) is 18.8. The number of pyridine rings is 1. The van der Waals surface area contributed by atoms with E-state index in [0.717, 1.165) is 28.7 Å². The number of carbonyl (C=O) groups excluding carboxylic acids is 1. The molecule has 1 aliphatic carbocycles. The average molecular weight is 396 g/mol. The minimum atomic E-state index is 0.0191. The Hall–Kier alpha value is -2.54. The smallest absolute Gasteiger partial charge is 0.269 e. The molecule has 0 unspecified atom stereocenters. The highest BCUT2D eigenvalue weighted by Gasteiger charge is 2.26. The van der Waals surface area contributed by atoms with Crippen LogP contribution in [0.2, 0.25) is 0 Å². The molecule has 0 aliphatic heterocycles. The van der Waals surface area contributed by atoms with Gasteiger partial charge >= 0.3 is 0 Å². The van der Waals surface area contributed by atoms with Gasteiger partial charge in [-0.25, -0.2) is 9.67 Å². The van der Waals surface area contributed by atoms with Gasteiger partial charge in [-0.15, -0.1) is 11.3 Å². The van der Waals surface area contributed by atoms with Crippen molar-refractivity contribution in [3.63, 3.8) is 0 Å². The van der Waals surface area contributed by atoms with Crippen molar-refractivity contribution < 1.29 is 4.79 Å². The summed E-state index contributed by atoms with van der Waals surface area (Å²) in [6.45, 7) is 0. The highest BCUT2D eigenvalue weighted by atomic mass is 32.1. The van der Waals surface area contributed by atoms with Crippen LogP contribution in [0, 0.1) is 0 Å². The van der Waals surface area contributed by atoms with Gasteiger partial charge in [-0.3, -0.25) is 14.7 Å². The normalized spacial score (nSPS) is 16.3. The minimum absolute atomic E-state index is 0.0191. The van der Waals surface area contributed by atoms with Crippen LogP contribution in [0.15, 0.2) is 41.8 Å². The van der Waals surface area contributed by atoms with Gasteiger partial charge in [0.1, 0.15) is 4.83 Å². The van der Waals surface area contributed by atoms with Crippen molar-refractivity contribution in [1.29, 1.82) is 0 Å². The molecule has 1 saturated carbocycles. The monoisotopic (exact) mass is 395 g/mol. The minimum Gasteiger partial charge on any atom is -0.295 e. The molecule has 146 valence electrons. The Morgan fingerprint density at radius 2 is 2.04 bits per heavy atom. The van der Waals surface area contributed by atoms with Crippen LogP contribution in [0.5, 0.6) is 0 Å². The number of thiophene rings is 1. The van der Waals surface area contributed by atoms with Crippen molar-refractivity contribution in [2.75, 3.05) is 7.05 Å². The third-order valence-corrected chi connectivity index (χ3v) is 6.35. The van der Waals surface area contributed by atoms with Crippen LogP contribution in [0.1, 0.15) is 54.6 Å². The quantitative estimate of drug-likeness (QED) is 0.475. The summed E-state index contributed by atoms with van der Waals surface area (Å²) in [5.74, 6) is 0.0191. The summed E-state index contributed by atoms with van der Waals surface area (Å²) in [4.78, 5) is 25.4. The van der Waals surface area contributed by atoms with Crippen LogP contribution in [0.4, 0.5) is 0 Å². The van der Waals surface area contributed by atoms with Gasteiger partial charge in [-0.2, -0.15) is 5.10 Å². The van der Waals surface area contributed by atoms with Gasteiger partial charge < -0.3 is 0 Å². The number of amides is 1. The van der Waals surface area contributed by atoms with Crippen molar-refractivity contribution in [3.05, 3.63) is 41.7 Å². The number of aliphatic imine (C=N–C) groups is 1. The molecule has 0 atom stereocenters. The molecule has 7 heteroatoms. The molecule has 0 aromatic carbocycles. The molecule has 4 rings (SSSR count). The van der Waals surface area contributed by atoms with Gasteiger partial charge in [0, 0.05) is 37.1 Å². The lowest BCUT2D eigenvalue weighted by Gasteiger charge is -2.29. The second-order valence-electron chi connectivity index (χ2n) is 7.20. The lowest BCUT2D eigenvalue weighted by atomic mass is 9.95. The summed E-state index contributed by atoms with van der Waals surface area (Å²) in [5, 5.41) is 5.27. The fraction of sp³-hybridized carbons (Fsp3) is 0.429. The van der Waals surface area contributed by atoms with Crippen LogP contribution in [-0.2, 0) is 0 Å². The number of fused-ring (bicyclic) bond motifs is 1. The second kappa shape index (κ2) is 8.65. The standard InChI is InChI=1S/C21H25N5OS/c1-22-15-25(16-8-5-3-2-4-6-9-16)21(27)19-14-17-18(26-13-7-11-24-26)10-12-23-20(17)28-19/h7,10-16H,2-6,8-9H2,1H3. The zero-order chi connectivity index (χ0) is 19.3. The van der Waals surface area contributed by atoms with Gasteiger partial charge in [0.2, 0.25) is 0 Å². The van der Waals surface area contributed by atoms with Crippen LogP contribution < -0.4 is 0 Å². The molecule has 0 N–H and O–H groups in total. The van der Waals surface area contributed by atoms with Gasteiger partial charge in [-0.05, 0) is 31.0 Å². The summed E-state index contributed by atoms with van der Waals surface area (Å²) in [6, 6.07) is 5.99. The van der Waals surface area contributed by atoms with Gasteiger partial charge in [-0.1, -0.05) is 32.1 Å². The largest absolute Gasteiger partial charge is 0.295 e. The maximum Gasteiger partial charge on any atom is 0.269 e. The SMILES string of the molecule is CN=CN(C(=O)c1cc2c(-n3cccn3)ccnc2s1)C1CCCCCCC1. The third-order valence-electron chi connectivity index (χ3n) is 5.32. The first-order valence-electron chi connectivity index (χ1n) is 9.91. The van der Waals surface area contributed by atoms with Crippen LogP contribution in [-0.4, -0.2) is 45.0 Å². The fourth-order valence-corrected chi connectivity index (χ4v) is 4.88. The van der Waals surface area contributed by atoms with Crippen molar-refractivity contribution in [2.24, 2.45) is 4.99 Å². The van der Waals surface area contributed by atoms with Crippen LogP contribution in [0.3, 0.4) is 0 Å². The van der Waals surface area contributed by atoms with E-state index in [0.29, 0.717) is 4.88 Å². The van der Waals surface area contributed by atoms with Gasteiger partial charge in [0.05, 0.1) is 16.9 Å². The lowest BCUT2D eigenvalue weighted by Crippen LogP contribution is -2.39. The van der Waals surface area contributed by atoms with Gasteiger partial charge in [0.15, 0.2) is 0 Å². The molecule has 1 fully saturated rings. The Morgan fingerprint density at radius 1 is 1.25 bits per heavy atom. The molecule has 1 amide bonds. The van der Waals surface area contributed by atoms with Gasteiger partial charge in [0.25, 0.3) is 5.91 Å². The molecule has 6 nitrogen and oxygen atoms in total. The Labute approximate surface area is 168 Å². The maximum atomic E-state index is 13.4. The molecule has 3 aromatic rings. The van der Waals surface area contributed by atoms with E-state index in [1.807, 2.05) is 34.0 Å². The molecule has 0 bridgehead atoms. The summed E-state index contributed by atoms with van der Waals surface area (Å²) in [7, 11) is 1.73. The molecule has 3 aromatic heterocycles. The lowest BCUT2D eigenvalue weighted by molar-refractivity contribution is 0.0796. The Morgan fingerprint density at radius 3 is 2.75 bits per heavy atom. The molecule has 0 radical (unpaired) electrons. The average Bonchev–Trinajstić information content (AvgIpc) is 3.35. The number of aromatic nitrogens is 3. The van der Waals surface area contributed by atoms with E-state index in [-0.39, 0.29) is 11.9 Å². The Kier molecular flexibility index (Phi) is 5.81. The molecule has 0 spiro atoms. The summed E-state index contributed by atoms with van der Waals surface area (Å²) in [5.41, 5.74) is 0.937. The maximum absolute atomic E-state index is 13.4. The molecular formula is C21H25N5OS. The summed E-state index contributed by atoms with van der Waals surface area (Å²) in [6.07, 6.45) is 15.4. The van der Waals surface area contributed by atoms with E-state index in [2.05, 4.69) is 15.1 Å². The van der Waals surface area contributed by atoms with E-state index >= 15 is 0 Å². The zero-order valence-corrected chi connectivity index (χ0v) is 16.9. The van der Waals surface area contributed by atoms with Crippen molar-refractivity contribution in [1.82, 2.24) is 19.7 Å². The van der Waals surface area contributed by atoms with E-state index in [9.17, 15) is 4.79 Å².